The molecule has 0 aromatic heterocycles. The van der Waals surface area contributed by atoms with E-state index >= 15 is 0 Å². The highest BCUT2D eigenvalue weighted by atomic mass is 14.9. The molecule has 4 atom stereocenters. The van der Waals surface area contributed by atoms with Gasteiger partial charge in [-0.25, -0.2) is 0 Å². The molecule has 0 heteroatoms. The van der Waals surface area contributed by atoms with E-state index in [4.69, 9.17) is 0 Å². The lowest BCUT2D eigenvalue weighted by Gasteiger charge is -2.31. The molecule has 0 spiro atoms. The first kappa shape index (κ1) is 20.4. The van der Waals surface area contributed by atoms with Crippen molar-refractivity contribution in [3.63, 3.8) is 0 Å². The Morgan fingerprint density at radius 2 is 0.632 bits per heavy atom. The predicted octanol–water partition coefficient (Wildman–Crippen LogP) is 7.97. The summed E-state index contributed by atoms with van der Waals surface area (Å²) >= 11 is 0. The van der Waals surface area contributed by atoms with E-state index in [-0.39, 0.29) is 0 Å². The minimum absolute atomic E-state index is 1.04. The van der Waals surface area contributed by atoms with Gasteiger partial charge >= 0.3 is 0 Å². The van der Waals surface area contributed by atoms with Gasteiger partial charge in [-0.15, -0.1) is 0 Å². The molecule has 0 heterocycles. The smallest absolute Gasteiger partial charge is 0.0194 e. The highest BCUT2D eigenvalue weighted by Crippen LogP contribution is 2.88. The molecular formula is C38H48. The standard InChI is InChI=1S/2C14H16.C10H16/c2*1-2-6-3-5(1)9-10(6)12-7-4-8-13(11(7)9)14(8)12;1-2-9-7-4-5-8(6-7)10(9)3-1/h2*1-2,5-14H,3-4H2;7-10H,1-6H2. The van der Waals surface area contributed by atoms with Crippen LogP contribution in [0.25, 0.3) is 0 Å². The zero-order valence-electron chi connectivity index (χ0n) is 23.2. The van der Waals surface area contributed by atoms with Crippen molar-refractivity contribution in [2.45, 2.75) is 64.2 Å². The van der Waals surface area contributed by atoms with E-state index in [0.717, 1.165) is 23.7 Å². The van der Waals surface area contributed by atoms with Crippen LogP contribution in [0.5, 0.6) is 0 Å². The van der Waals surface area contributed by atoms with Crippen molar-refractivity contribution >= 4 is 0 Å². The predicted molar refractivity (Wildman–Crippen MR) is 148 cm³/mol. The summed E-state index contributed by atoms with van der Waals surface area (Å²) in [6.45, 7) is 0. The second-order valence-corrected chi connectivity index (χ2v) is 18.5. The molecule has 17 aliphatic carbocycles. The molecule has 15 saturated carbocycles. The maximum Gasteiger partial charge on any atom is -0.0194 e. The highest BCUT2D eigenvalue weighted by molar-refractivity contribution is 5.34. The molecule has 17 aliphatic rings. The van der Waals surface area contributed by atoms with Crippen LogP contribution >= 0.6 is 0 Å². The monoisotopic (exact) mass is 504 g/mol. The third-order valence-corrected chi connectivity index (χ3v) is 18.7. The van der Waals surface area contributed by atoms with Crippen molar-refractivity contribution in [2.75, 3.05) is 0 Å². The molecular weight excluding hydrogens is 456 g/mol. The Hall–Kier alpha value is -0.520. The Labute approximate surface area is 230 Å². The van der Waals surface area contributed by atoms with Crippen molar-refractivity contribution in [1.82, 2.24) is 0 Å². The van der Waals surface area contributed by atoms with Gasteiger partial charge in [-0.1, -0.05) is 30.7 Å². The van der Waals surface area contributed by atoms with Crippen LogP contribution < -0.4 is 0 Å². The van der Waals surface area contributed by atoms with Crippen molar-refractivity contribution in [3.8, 4) is 0 Å². The molecule has 200 valence electrons. The summed E-state index contributed by atoms with van der Waals surface area (Å²) in [5.74, 6) is 28.7. The van der Waals surface area contributed by atoms with E-state index in [2.05, 4.69) is 24.3 Å². The summed E-state index contributed by atoms with van der Waals surface area (Å²) in [6, 6.07) is 0. The summed E-state index contributed by atoms with van der Waals surface area (Å²) in [6.07, 6.45) is 26.3. The van der Waals surface area contributed by atoms with Gasteiger partial charge in [0.25, 0.3) is 0 Å². The van der Waals surface area contributed by atoms with Gasteiger partial charge in [-0.3, -0.25) is 0 Å². The van der Waals surface area contributed by atoms with Crippen molar-refractivity contribution in [1.29, 1.82) is 0 Å². The summed E-state index contributed by atoms with van der Waals surface area (Å²) < 4.78 is 0. The van der Waals surface area contributed by atoms with Gasteiger partial charge < -0.3 is 0 Å². The normalized spacial score (nSPS) is 76.2. The number of fused-ring (bicyclic) bond motifs is 15. The van der Waals surface area contributed by atoms with Crippen molar-refractivity contribution < 1.29 is 0 Å². The van der Waals surface area contributed by atoms with Crippen LogP contribution in [0.4, 0.5) is 0 Å². The lowest BCUT2D eigenvalue weighted by Crippen LogP contribution is -2.27. The molecule has 38 heavy (non-hydrogen) atoms. The molecule has 0 aromatic rings. The van der Waals surface area contributed by atoms with Gasteiger partial charge in [0.05, 0.1) is 0 Å². The van der Waals surface area contributed by atoms with Crippen LogP contribution in [0.2, 0.25) is 0 Å². The van der Waals surface area contributed by atoms with E-state index < -0.39 is 0 Å². The summed E-state index contributed by atoms with van der Waals surface area (Å²) in [4.78, 5) is 0. The summed E-state index contributed by atoms with van der Waals surface area (Å²) in [5.41, 5.74) is 0. The van der Waals surface area contributed by atoms with Gasteiger partial charge in [0.15, 0.2) is 0 Å². The van der Waals surface area contributed by atoms with E-state index in [1.54, 1.807) is 64.2 Å². The maximum atomic E-state index is 2.58. The fourth-order valence-electron chi connectivity index (χ4n) is 18.7. The number of hydrogen-bond acceptors (Lipinski definition) is 0. The third-order valence-electron chi connectivity index (χ3n) is 18.7. The first-order valence-electron chi connectivity index (χ1n) is 18.2. The molecule has 4 unspecified atom stereocenters. The molecule has 0 saturated heterocycles. The van der Waals surface area contributed by atoms with Gasteiger partial charge in [0, 0.05) is 0 Å². The molecule has 0 N–H and O–H groups in total. The molecule has 18 bridgehead atoms. The van der Waals surface area contributed by atoms with E-state index in [1.165, 1.54) is 118 Å². The molecule has 0 radical (unpaired) electrons. The molecule has 0 nitrogen and oxygen atoms in total. The zero-order valence-corrected chi connectivity index (χ0v) is 23.2. The first-order valence-corrected chi connectivity index (χ1v) is 18.2. The van der Waals surface area contributed by atoms with Gasteiger partial charge in [-0.2, -0.15) is 0 Å². The average Bonchev–Trinajstić information content (AvgIpc) is 3.75. The Morgan fingerprint density at radius 3 is 0.974 bits per heavy atom. The lowest BCUT2D eigenvalue weighted by molar-refractivity contribution is 0.196. The molecule has 0 aliphatic heterocycles. The van der Waals surface area contributed by atoms with Crippen LogP contribution in [0, 0.1) is 142 Å². The van der Waals surface area contributed by atoms with E-state index in [9.17, 15) is 0 Å². The maximum absolute atomic E-state index is 2.58. The summed E-state index contributed by atoms with van der Waals surface area (Å²) in [7, 11) is 0. The first-order chi connectivity index (χ1) is 18.8. The van der Waals surface area contributed by atoms with Crippen molar-refractivity contribution in [2.24, 2.45) is 142 Å². The second kappa shape index (κ2) is 6.28. The Balaban J connectivity index is 0.0000000719. The lowest BCUT2D eigenvalue weighted by atomic mass is 9.73. The fraction of sp³-hybridized carbons (Fsp3) is 0.895. The van der Waals surface area contributed by atoms with Crippen LogP contribution in [0.1, 0.15) is 64.2 Å². The highest BCUT2D eigenvalue weighted by Gasteiger charge is 2.83. The largest absolute Gasteiger partial charge is 0.0848 e. The van der Waals surface area contributed by atoms with Crippen molar-refractivity contribution in [3.05, 3.63) is 24.3 Å². The quantitative estimate of drug-likeness (QED) is 0.294. The van der Waals surface area contributed by atoms with Gasteiger partial charge in [0.1, 0.15) is 0 Å². The number of hydrogen-bond donors (Lipinski definition) is 0. The van der Waals surface area contributed by atoms with Crippen LogP contribution in [0.3, 0.4) is 0 Å². The van der Waals surface area contributed by atoms with Crippen LogP contribution in [-0.4, -0.2) is 0 Å². The molecule has 0 aromatic carbocycles. The molecule has 0 amide bonds. The average molecular weight is 505 g/mol. The van der Waals surface area contributed by atoms with Gasteiger partial charge in [-0.05, 0) is 200 Å². The number of rotatable bonds is 0. The third kappa shape index (κ3) is 2.02. The Bertz CT molecular complexity index is 1040. The topological polar surface area (TPSA) is 0 Å². The van der Waals surface area contributed by atoms with Gasteiger partial charge in [0.2, 0.25) is 0 Å². The SMILES string of the molecule is C1=CC2CC1C1C2C2C3CC4C(C31)C42.C1=CC2CC1C1C2C2C3CC4C(C31)C42.C1CC2C3CCC(C3)C2C1. The van der Waals surface area contributed by atoms with Crippen LogP contribution in [0.15, 0.2) is 24.3 Å². The van der Waals surface area contributed by atoms with Crippen LogP contribution in [-0.2, 0) is 0 Å². The fourth-order valence-corrected chi connectivity index (χ4v) is 18.7. The molecule has 15 fully saturated rings. The zero-order chi connectivity index (χ0) is 23.8. The van der Waals surface area contributed by atoms with E-state index in [1.807, 2.05) is 0 Å². The minimum atomic E-state index is 1.04. The minimum Gasteiger partial charge on any atom is -0.0848 e. The Morgan fingerprint density at radius 1 is 0.289 bits per heavy atom. The molecule has 17 rings (SSSR count). The number of allylic oxidation sites excluding steroid dienone is 4. The van der Waals surface area contributed by atoms with E-state index in [0.29, 0.717) is 0 Å². The summed E-state index contributed by atoms with van der Waals surface area (Å²) in [5, 5.41) is 0. The second-order valence-electron chi connectivity index (χ2n) is 18.5. The Kier molecular flexibility index (Phi) is 3.37.